The van der Waals surface area contributed by atoms with Crippen LogP contribution in [0.15, 0.2) is 18.2 Å². The van der Waals surface area contributed by atoms with Crippen LogP contribution in [0.25, 0.3) is 0 Å². The molecule has 4 heteroatoms. The van der Waals surface area contributed by atoms with Gasteiger partial charge in [0.25, 0.3) is 5.91 Å². The van der Waals surface area contributed by atoms with Gasteiger partial charge in [-0.25, -0.2) is 0 Å². The Hall–Kier alpha value is -1.55. The first-order valence-corrected chi connectivity index (χ1v) is 6.81. The third kappa shape index (κ3) is 4.91. The number of hydrogen-bond acceptors (Lipinski definition) is 3. The molecule has 106 valence electrons. The minimum atomic E-state index is -0.0925. The maximum absolute atomic E-state index is 11.4. The Kier molecular flexibility index (Phi) is 6.36. The highest BCUT2D eigenvalue weighted by molar-refractivity contribution is 5.77. The summed E-state index contributed by atoms with van der Waals surface area (Å²) >= 11 is 0. The van der Waals surface area contributed by atoms with Crippen molar-refractivity contribution in [3.63, 3.8) is 0 Å². The summed E-state index contributed by atoms with van der Waals surface area (Å²) in [6.45, 7) is 9.68. The van der Waals surface area contributed by atoms with E-state index in [9.17, 15) is 4.79 Å². The SMILES string of the molecule is CCNC(=O)COc1ccc(C)cc1C(C)NCC. The van der Waals surface area contributed by atoms with Crippen LogP contribution in [0.1, 0.15) is 37.9 Å². The summed E-state index contributed by atoms with van der Waals surface area (Å²) in [5, 5.41) is 6.08. The second-order valence-electron chi connectivity index (χ2n) is 4.56. The van der Waals surface area contributed by atoms with Gasteiger partial charge in [0.05, 0.1) is 0 Å². The lowest BCUT2D eigenvalue weighted by Gasteiger charge is -2.18. The molecule has 0 bridgehead atoms. The lowest BCUT2D eigenvalue weighted by molar-refractivity contribution is -0.123. The molecular formula is C15H24N2O2. The van der Waals surface area contributed by atoms with Gasteiger partial charge in [-0.2, -0.15) is 0 Å². The van der Waals surface area contributed by atoms with Gasteiger partial charge in [0.1, 0.15) is 5.75 Å². The Labute approximate surface area is 115 Å². The van der Waals surface area contributed by atoms with Crippen molar-refractivity contribution in [2.24, 2.45) is 0 Å². The molecule has 0 aliphatic carbocycles. The van der Waals surface area contributed by atoms with E-state index in [4.69, 9.17) is 4.74 Å². The number of rotatable bonds is 7. The molecule has 0 fully saturated rings. The number of hydrogen-bond donors (Lipinski definition) is 2. The Bertz CT molecular complexity index is 419. The first kappa shape index (κ1) is 15.5. The average Bonchev–Trinajstić information content (AvgIpc) is 2.38. The predicted molar refractivity (Wildman–Crippen MR) is 77.4 cm³/mol. The number of carbonyl (C=O) groups is 1. The van der Waals surface area contributed by atoms with E-state index in [-0.39, 0.29) is 18.6 Å². The zero-order valence-corrected chi connectivity index (χ0v) is 12.2. The van der Waals surface area contributed by atoms with Gasteiger partial charge in [0.2, 0.25) is 0 Å². The number of amides is 1. The number of nitrogens with one attached hydrogen (secondary N) is 2. The smallest absolute Gasteiger partial charge is 0.257 e. The molecule has 1 aromatic rings. The minimum absolute atomic E-state index is 0.0583. The van der Waals surface area contributed by atoms with E-state index in [1.54, 1.807) is 0 Å². The van der Waals surface area contributed by atoms with Crippen molar-refractivity contribution in [1.82, 2.24) is 10.6 Å². The van der Waals surface area contributed by atoms with Gasteiger partial charge in [0, 0.05) is 18.2 Å². The van der Waals surface area contributed by atoms with Crippen LogP contribution in [-0.2, 0) is 4.79 Å². The zero-order chi connectivity index (χ0) is 14.3. The van der Waals surface area contributed by atoms with Gasteiger partial charge in [0.15, 0.2) is 6.61 Å². The fourth-order valence-electron chi connectivity index (χ4n) is 1.95. The summed E-state index contributed by atoms with van der Waals surface area (Å²) in [6.07, 6.45) is 0. The average molecular weight is 264 g/mol. The molecule has 0 spiro atoms. The molecular weight excluding hydrogens is 240 g/mol. The van der Waals surface area contributed by atoms with Crippen LogP contribution in [0.2, 0.25) is 0 Å². The molecule has 0 saturated carbocycles. The van der Waals surface area contributed by atoms with Crippen molar-refractivity contribution in [3.05, 3.63) is 29.3 Å². The van der Waals surface area contributed by atoms with Crippen molar-refractivity contribution < 1.29 is 9.53 Å². The molecule has 0 saturated heterocycles. The quantitative estimate of drug-likeness (QED) is 0.793. The summed E-state index contributed by atoms with van der Waals surface area (Å²) in [5.74, 6) is 0.676. The summed E-state index contributed by atoms with van der Waals surface area (Å²) in [7, 11) is 0. The lowest BCUT2D eigenvalue weighted by Crippen LogP contribution is -2.29. The van der Waals surface area contributed by atoms with Gasteiger partial charge in [-0.3, -0.25) is 4.79 Å². The number of aryl methyl sites for hydroxylation is 1. The summed E-state index contributed by atoms with van der Waals surface area (Å²) < 4.78 is 5.62. The molecule has 1 atom stereocenters. The van der Waals surface area contributed by atoms with Crippen LogP contribution in [-0.4, -0.2) is 25.6 Å². The summed E-state index contributed by atoms with van der Waals surface area (Å²) in [6, 6.07) is 6.22. The summed E-state index contributed by atoms with van der Waals surface area (Å²) in [5.41, 5.74) is 2.27. The third-order valence-corrected chi connectivity index (χ3v) is 2.87. The van der Waals surface area contributed by atoms with Crippen LogP contribution in [0.4, 0.5) is 0 Å². The molecule has 1 rings (SSSR count). The largest absolute Gasteiger partial charge is 0.483 e. The van der Waals surface area contributed by atoms with Crippen molar-refractivity contribution in [3.8, 4) is 5.75 Å². The number of carbonyl (C=O) groups excluding carboxylic acids is 1. The molecule has 0 aromatic heterocycles. The first-order chi connectivity index (χ1) is 9.08. The van der Waals surface area contributed by atoms with Crippen LogP contribution in [0, 0.1) is 6.92 Å². The molecule has 1 amide bonds. The van der Waals surface area contributed by atoms with E-state index in [1.807, 2.05) is 19.1 Å². The number of likely N-dealkylation sites (N-methyl/N-ethyl adjacent to an activating group) is 1. The van der Waals surface area contributed by atoms with E-state index in [1.165, 1.54) is 5.56 Å². The van der Waals surface area contributed by atoms with E-state index in [2.05, 4.69) is 37.5 Å². The lowest BCUT2D eigenvalue weighted by atomic mass is 10.0. The van der Waals surface area contributed by atoms with Gasteiger partial charge in [-0.05, 0) is 33.4 Å². The molecule has 1 aromatic carbocycles. The van der Waals surface area contributed by atoms with Crippen LogP contribution in [0.3, 0.4) is 0 Å². The highest BCUT2D eigenvalue weighted by Crippen LogP contribution is 2.26. The van der Waals surface area contributed by atoms with Crippen molar-refractivity contribution in [2.45, 2.75) is 33.7 Å². The van der Waals surface area contributed by atoms with E-state index in [0.29, 0.717) is 6.54 Å². The standard InChI is InChI=1S/C15H24N2O2/c1-5-16-12(4)13-9-11(3)7-8-14(13)19-10-15(18)17-6-2/h7-9,12,16H,5-6,10H2,1-4H3,(H,17,18). The van der Waals surface area contributed by atoms with Crippen molar-refractivity contribution in [2.75, 3.05) is 19.7 Å². The maximum Gasteiger partial charge on any atom is 0.257 e. The zero-order valence-electron chi connectivity index (χ0n) is 12.2. The van der Waals surface area contributed by atoms with E-state index >= 15 is 0 Å². The Balaban J connectivity index is 2.78. The van der Waals surface area contributed by atoms with Crippen molar-refractivity contribution >= 4 is 5.91 Å². The summed E-state index contributed by atoms with van der Waals surface area (Å²) in [4.78, 5) is 11.4. The van der Waals surface area contributed by atoms with Gasteiger partial charge < -0.3 is 15.4 Å². The molecule has 0 aliphatic rings. The molecule has 0 heterocycles. The van der Waals surface area contributed by atoms with E-state index < -0.39 is 0 Å². The monoisotopic (exact) mass is 264 g/mol. The van der Waals surface area contributed by atoms with Crippen LogP contribution in [0.5, 0.6) is 5.75 Å². The highest BCUT2D eigenvalue weighted by Gasteiger charge is 2.12. The first-order valence-electron chi connectivity index (χ1n) is 6.81. The van der Waals surface area contributed by atoms with Gasteiger partial charge in [-0.1, -0.05) is 24.6 Å². The maximum atomic E-state index is 11.4. The van der Waals surface area contributed by atoms with E-state index in [0.717, 1.165) is 17.9 Å². The normalized spacial score (nSPS) is 12.0. The second kappa shape index (κ2) is 7.79. The Morgan fingerprint density at radius 2 is 2.05 bits per heavy atom. The Morgan fingerprint density at radius 3 is 2.68 bits per heavy atom. The fraction of sp³-hybridized carbons (Fsp3) is 0.533. The number of benzene rings is 1. The third-order valence-electron chi connectivity index (χ3n) is 2.87. The topological polar surface area (TPSA) is 50.4 Å². The second-order valence-corrected chi connectivity index (χ2v) is 4.56. The molecule has 19 heavy (non-hydrogen) atoms. The highest BCUT2D eigenvalue weighted by atomic mass is 16.5. The Morgan fingerprint density at radius 1 is 1.32 bits per heavy atom. The van der Waals surface area contributed by atoms with Gasteiger partial charge >= 0.3 is 0 Å². The fourth-order valence-corrected chi connectivity index (χ4v) is 1.95. The predicted octanol–water partition coefficient (Wildman–Crippen LogP) is 2.18. The molecule has 1 unspecified atom stereocenters. The minimum Gasteiger partial charge on any atom is -0.483 e. The number of ether oxygens (including phenoxy) is 1. The molecule has 0 aliphatic heterocycles. The van der Waals surface area contributed by atoms with Crippen LogP contribution >= 0.6 is 0 Å². The molecule has 0 radical (unpaired) electrons. The van der Waals surface area contributed by atoms with Crippen LogP contribution < -0.4 is 15.4 Å². The molecule has 4 nitrogen and oxygen atoms in total. The van der Waals surface area contributed by atoms with Crippen molar-refractivity contribution in [1.29, 1.82) is 0 Å². The molecule has 2 N–H and O–H groups in total. The van der Waals surface area contributed by atoms with Gasteiger partial charge in [-0.15, -0.1) is 0 Å².